The zero-order chi connectivity index (χ0) is 48.0. The smallest absolute Gasteiger partial charge is 0.195 e. The molecule has 2 atom stereocenters. The molecule has 0 bridgehead atoms. The third kappa shape index (κ3) is 1.89. The Morgan fingerprint density at radius 1 is 0.215 bits per heavy atom. The van der Waals surface area contributed by atoms with E-state index in [2.05, 4.69) is 60.7 Å². The minimum Gasteiger partial charge on any atom is -0.293 e. The average Bonchev–Trinajstić information content (AvgIpc) is 1.57. The molecule has 79 heavy (non-hydrogen) atoms. The van der Waals surface area contributed by atoms with Gasteiger partial charge in [-0.1, -0.05) is 67.1 Å². The van der Waals surface area contributed by atoms with Crippen molar-refractivity contribution in [1.29, 1.82) is 0 Å². The topological polar surface area (TPSA) is 34.1 Å². The second-order valence-electron chi connectivity index (χ2n) is 27.8. The number of carbonyl (C=O) groups excluding carboxylic acids is 1. The van der Waals surface area contributed by atoms with E-state index in [0.717, 1.165) is 45.5 Å². The molecule has 0 heterocycles. The summed E-state index contributed by atoms with van der Waals surface area (Å²) in [5, 5.41) is 76.8. The van der Waals surface area contributed by atoms with Crippen LogP contribution in [0.5, 0.6) is 0 Å². The molecular weight excluding hydrogens is 957 g/mol. The summed E-state index contributed by atoms with van der Waals surface area (Å²) in [5.41, 5.74) is 5.75. The number of hydrogen-bond acceptors (Lipinski definition) is 2. The van der Waals surface area contributed by atoms with Gasteiger partial charge < -0.3 is 0 Å². The summed E-state index contributed by atoms with van der Waals surface area (Å²) in [5.74, 6) is 0.275. The van der Waals surface area contributed by atoms with Crippen LogP contribution in [0.25, 0.3) is 291 Å². The molecule has 0 aromatic heterocycles. The Balaban J connectivity index is 1.17. The number of ketones is 1. The molecule has 0 fully saturated rings. The standard InChI is InChI=1S/C77H16O2/c78-74-68-59-50-44-34-26-20-16-17-18-19-21(20)27-35(26)45(50)52-46-36(27)33-25(19)30-24(18)32-31-23(17)28-22(16)29(34)38-39-37(28)47-41(31)53-42(32)48-40(30)49-43(33)54(46)64-67-58(49)57(48)66-63(53)65-56(47)55(39)62(60(68)51(38)44)70(74)71(65)76(14-8-3-1-4-9-14)12-7-13-77(73(67)72(66)76,15-10-5-2-6-11-15)75(79)69(64)61(52)59/h1-6,8-11H,7,12-13H2. The van der Waals surface area contributed by atoms with Gasteiger partial charge in [0.2, 0.25) is 0 Å². The number of Topliss-reactive ketones (excluding diaryl/α,β-unsaturated/α-hetero) is 1. The second-order valence-corrected chi connectivity index (χ2v) is 27.8. The highest BCUT2D eigenvalue weighted by molar-refractivity contribution is 6.82. The molecule has 3 aliphatic carbocycles. The van der Waals surface area contributed by atoms with Crippen molar-refractivity contribution in [3.05, 3.63) is 104 Å². The first-order valence-corrected chi connectivity index (χ1v) is 29.2. The molecule has 0 aliphatic heterocycles. The Kier molecular flexibility index (Phi) is 3.03. The minimum absolute atomic E-state index is 0.219. The first kappa shape index (κ1) is 31.5. The van der Waals surface area contributed by atoms with Crippen LogP contribution in [-0.4, -0.2) is 5.78 Å². The Labute approximate surface area is 433 Å². The number of benzene rings is 20. The van der Waals surface area contributed by atoms with Gasteiger partial charge in [-0.2, -0.15) is 0 Å². The summed E-state index contributed by atoms with van der Waals surface area (Å²) in [6.07, 6.45) is 2.36. The normalized spacial score (nSPS) is 21.2. The van der Waals surface area contributed by atoms with Gasteiger partial charge in [-0.05, 0) is 165 Å². The molecule has 2 unspecified atom stereocenters. The van der Waals surface area contributed by atoms with E-state index >= 15 is 9.59 Å². The lowest BCUT2D eigenvalue weighted by atomic mass is 9.55. The van der Waals surface area contributed by atoms with Crippen molar-refractivity contribution in [2.75, 3.05) is 0 Å². The zero-order valence-electron chi connectivity index (χ0n) is 40.7. The average molecular weight is 973 g/mol. The molecule has 2 heteroatoms. The van der Waals surface area contributed by atoms with Gasteiger partial charge in [0.05, 0.1) is 5.41 Å². The van der Waals surface area contributed by atoms with Crippen LogP contribution in [0.4, 0.5) is 0 Å². The molecule has 0 spiro atoms. The summed E-state index contributed by atoms with van der Waals surface area (Å²) < 4.78 is 0. The first-order valence-electron chi connectivity index (χ1n) is 29.2. The van der Waals surface area contributed by atoms with E-state index in [0.29, 0.717) is 6.42 Å². The molecule has 30 aromatic carbocycles. The first-order chi connectivity index (χ1) is 39.2. The second kappa shape index (κ2) is 7.62. The Morgan fingerprint density at radius 2 is 0.443 bits per heavy atom. The van der Waals surface area contributed by atoms with E-state index in [9.17, 15) is 0 Å². The van der Waals surface area contributed by atoms with Crippen molar-refractivity contribution in [1.82, 2.24) is 0 Å². The number of rotatable bonds is 2. The van der Waals surface area contributed by atoms with Crippen LogP contribution >= 0.6 is 0 Å². The molecule has 30 aromatic rings. The molecular formula is C77H16O2. The van der Waals surface area contributed by atoms with Crippen molar-refractivity contribution in [3.63, 3.8) is 0 Å². The molecule has 336 valence electrons. The highest BCUT2D eigenvalue weighted by Crippen LogP contribution is 2.80. The largest absolute Gasteiger partial charge is 0.293 e. The van der Waals surface area contributed by atoms with Crippen molar-refractivity contribution in [2.24, 2.45) is 0 Å². The molecule has 0 N–H and O–H groups in total. The lowest BCUT2D eigenvalue weighted by Crippen LogP contribution is -2.42. The van der Waals surface area contributed by atoms with E-state index < -0.39 is 10.8 Å². The number of fused-ring (bicyclic) bond motifs is 5. The SMILES string of the molecule is O=C1c2c3c4c5c6c7c8c9c(c%10c(=O)c%11c%12c2c2c%13c3c3c%14c4c7c4c7c8c8c%15c9c9c%10c%11c%10c%11c%12c2c2c%12c%13c3c3c(c%144)c4c7c8c7c8c%15c9c%10c9c%11c2c2c%12c3c4c7c2c89)C6(c2ccccc2)CCCC15c1ccccc1. The lowest BCUT2D eigenvalue weighted by molar-refractivity contribution is 0.0907. The third-order valence-corrected chi connectivity index (χ3v) is 27.0. The van der Waals surface area contributed by atoms with Crippen LogP contribution < -0.4 is 5.43 Å². The molecule has 0 radical (unpaired) electrons. The summed E-state index contributed by atoms with van der Waals surface area (Å²) in [6.45, 7) is 0. The fourth-order valence-electron chi connectivity index (χ4n) is 26.2. The maximum atomic E-state index is 18.4. The molecule has 0 amide bonds. The van der Waals surface area contributed by atoms with Gasteiger partial charge >= 0.3 is 0 Å². The van der Waals surface area contributed by atoms with Gasteiger partial charge in [0, 0.05) is 178 Å². The van der Waals surface area contributed by atoms with Gasteiger partial charge in [-0.15, -0.1) is 0 Å². The van der Waals surface area contributed by atoms with Gasteiger partial charge in [-0.3, -0.25) is 9.59 Å². The van der Waals surface area contributed by atoms with Crippen molar-refractivity contribution < 1.29 is 4.79 Å². The number of carbonyl (C=O) groups is 1. The van der Waals surface area contributed by atoms with Crippen LogP contribution in [0.2, 0.25) is 0 Å². The van der Waals surface area contributed by atoms with E-state index in [1.165, 1.54) is 265 Å². The maximum absolute atomic E-state index is 18.4. The van der Waals surface area contributed by atoms with E-state index in [1.807, 2.05) is 0 Å². The van der Waals surface area contributed by atoms with Crippen molar-refractivity contribution in [3.8, 4) is 0 Å². The number of hydrogen-bond donors (Lipinski definition) is 0. The zero-order valence-corrected chi connectivity index (χ0v) is 40.7. The lowest BCUT2D eigenvalue weighted by Gasteiger charge is -2.45. The minimum atomic E-state index is -0.985. The van der Waals surface area contributed by atoms with Crippen LogP contribution in [0, 0.1) is 0 Å². The summed E-state index contributed by atoms with van der Waals surface area (Å²) >= 11 is 0. The summed E-state index contributed by atoms with van der Waals surface area (Å²) in [4.78, 5) is 36.2. The Hall–Kier alpha value is -9.76. The predicted molar refractivity (Wildman–Crippen MR) is 330 cm³/mol. The monoisotopic (exact) mass is 972 g/mol. The Bertz CT molecular complexity index is 8210. The van der Waals surface area contributed by atoms with Gasteiger partial charge in [0.25, 0.3) is 0 Å². The van der Waals surface area contributed by atoms with E-state index in [4.69, 9.17) is 0 Å². The van der Waals surface area contributed by atoms with Crippen LogP contribution in [0.3, 0.4) is 0 Å². The molecule has 2 nitrogen and oxygen atoms in total. The third-order valence-electron chi connectivity index (χ3n) is 27.0. The van der Waals surface area contributed by atoms with Crippen LogP contribution in [-0.2, 0) is 10.8 Å². The van der Waals surface area contributed by atoms with Gasteiger partial charge in [0.15, 0.2) is 11.2 Å². The quantitative estimate of drug-likeness (QED) is 0.162. The van der Waals surface area contributed by atoms with Gasteiger partial charge in [0.1, 0.15) is 0 Å². The van der Waals surface area contributed by atoms with Gasteiger partial charge in [-0.25, -0.2) is 0 Å². The molecule has 0 saturated carbocycles. The Morgan fingerprint density at radius 3 is 0.823 bits per heavy atom. The molecule has 3 aliphatic rings. The summed E-state index contributed by atoms with van der Waals surface area (Å²) in [6, 6.07) is 22.9. The van der Waals surface area contributed by atoms with E-state index in [-0.39, 0.29) is 11.2 Å². The fraction of sp³-hybridized carbons (Fsp3) is 0.0649. The van der Waals surface area contributed by atoms with Crippen LogP contribution in [0.1, 0.15) is 57.4 Å². The highest BCUT2D eigenvalue weighted by atomic mass is 16.1. The highest BCUT2D eigenvalue weighted by Gasteiger charge is 2.60. The molecule has 33 rings (SSSR count). The fourth-order valence-corrected chi connectivity index (χ4v) is 26.2. The predicted octanol–water partition coefficient (Wildman–Crippen LogP) is 19.8. The van der Waals surface area contributed by atoms with Crippen molar-refractivity contribution >= 4 is 297 Å². The van der Waals surface area contributed by atoms with E-state index in [1.54, 1.807) is 26.9 Å². The summed E-state index contributed by atoms with van der Waals surface area (Å²) in [7, 11) is 0. The van der Waals surface area contributed by atoms with Crippen molar-refractivity contribution in [2.45, 2.75) is 30.1 Å². The maximum Gasteiger partial charge on any atom is 0.195 e. The van der Waals surface area contributed by atoms with Crippen LogP contribution in [0.15, 0.2) is 65.5 Å². The molecule has 0 saturated heterocycles.